The van der Waals surface area contributed by atoms with Gasteiger partial charge in [-0.1, -0.05) is 74.0 Å². The fourth-order valence-electron chi connectivity index (χ4n) is 7.44. The summed E-state index contributed by atoms with van der Waals surface area (Å²) in [5.41, 5.74) is 5.09. The van der Waals surface area contributed by atoms with Crippen molar-refractivity contribution in [1.29, 1.82) is 0 Å². The zero-order valence-corrected chi connectivity index (χ0v) is 28.1. The molecule has 252 valence electrons. The van der Waals surface area contributed by atoms with Crippen LogP contribution in [0.25, 0.3) is 0 Å². The van der Waals surface area contributed by atoms with Gasteiger partial charge in [0.25, 0.3) is 0 Å². The maximum Gasteiger partial charge on any atom is 0.337 e. The van der Waals surface area contributed by atoms with Gasteiger partial charge < -0.3 is 24.2 Å². The van der Waals surface area contributed by atoms with Crippen LogP contribution < -0.4 is 9.64 Å². The van der Waals surface area contributed by atoms with Crippen molar-refractivity contribution in [2.75, 3.05) is 19.1 Å². The predicted octanol–water partition coefficient (Wildman–Crippen LogP) is 8.32. The smallest absolute Gasteiger partial charge is 0.337 e. The van der Waals surface area contributed by atoms with E-state index in [4.69, 9.17) is 14.2 Å². The molecule has 1 heterocycles. The number of allylic oxidation sites excluding steroid dienone is 1. The predicted molar refractivity (Wildman–Crippen MR) is 187 cm³/mol. The molecule has 6 rings (SSSR count). The molecule has 0 aromatic heterocycles. The first-order valence-electron chi connectivity index (χ1n) is 16.7. The lowest BCUT2D eigenvalue weighted by Crippen LogP contribution is -2.50. The normalized spacial score (nSPS) is 19.8. The molecule has 2 aliphatic rings. The fraction of sp³-hybridized carbons (Fsp3) is 0.293. The molecule has 49 heavy (non-hydrogen) atoms. The first-order chi connectivity index (χ1) is 23.8. The zero-order chi connectivity index (χ0) is 34.5. The number of ether oxygens (including phenoxy) is 3. The molecule has 1 N–H and O–H groups in total. The first-order valence-corrected chi connectivity index (χ1v) is 16.7. The Balaban J connectivity index is 1.52. The van der Waals surface area contributed by atoms with Gasteiger partial charge in [-0.15, -0.1) is 0 Å². The summed E-state index contributed by atoms with van der Waals surface area (Å²) in [4.78, 5) is 39.3. The Kier molecular flexibility index (Phi) is 9.85. The third-order valence-corrected chi connectivity index (χ3v) is 9.78. The van der Waals surface area contributed by atoms with E-state index in [2.05, 4.69) is 42.2 Å². The highest BCUT2D eigenvalue weighted by molar-refractivity contribution is 5.91. The highest BCUT2D eigenvalue weighted by Gasteiger charge is 2.55. The third-order valence-electron chi connectivity index (χ3n) is 9.78. The molecule has 0 bridgehead atoms. The van der Waals surface area contributed by atoms with Gasteiger partial charge in [0, 0.05) is 17.8 Å². The Labute approximate surface area is 286 Å². The number of hydrogen-bond donors (Lipinski definition) is 1. The summed E-state index contributed by atoms with van der Waals surface area (Å²) < 4.78 is 17.2. The van der Waals surface area contributed by atoms with Crippen LogP contribution in [0.5, 0.6) is 5.75 Å². The Hall–Kier alpha value is -5.37. The quantitative estimate of drug-likeness (QED) is 0.127. The zero-order valence-electron chi connectivity index (χ0n) is 28.1. The molecule has 3 unspecified atom stereocenters. The molecule has 0 saturated heterocycles. The van der Waals surface area contributed by atoms with E-state index in [9.17, 15) is 19.5 Å². The second kappa shape index (κ2) is 14.4. The Morgan fingerprint density at radius 1 is 0.837 bits per heavy atom. The maximum atomic E-state index is 12.6. The van der Waals surface area contributed by atoms with Crippen molar-refractivity contribution >= 4 is 23.6 Å². The molecule has 4 aromatic carbocycles. The van der Waals surface area contributed by atoms with E-state index in [-0.39, 0.29) is 11.6 Å². The Morgan fingerprint density at radius 3 is 2.20 bits per heavy atom. The number of methoxy groups -OCH3 is 2. The largest absolute Gasteiger partial charge is 0.478 e. The molecule has 1 aliphatic carbocycles. The van der Waals surface area contributed by atoms with Crippen LogP contribution in [0.15, 0.2) is 109 Å². The van der Waals surface area contributed by atoms with Crippen molar-refractivity contribution in [2.24, 2.45) is 0 Å². The Morgan fingerprint density at radius 2 is 1.55 bits per heavy atom. The molecule has 8 heteroatoms. The molecule has 0 saturated carbocycles. The molecule has 8 nitrogen and oxygen atoms in total. The second-order valence-electron chi connectivity index (χ2n) is 12.6. The molecular weight excluding hydrogens is 618 g/mol. The standard InChI is InChI=1S/C41H41NO7/c1-4-9-37-41(49-34-13-8-12-32(24-34)40(46)48-3,33-21-18-29(19-22-33)28-10-6-5-7-11-28)35-23-20-31(38(43)44)25-36(35)42(37)26-27-14-16-30(17-15-27)39(45)47-2/h5-8,10-17,20-21,23-25,29,37H,4,9,18-19,22,26H2,1-3H3,(H,43,44). The highest BCUT2D eigenvalue weighted by atomic mass is 16.5. The molecule has 4 aromatic rings. The number of carboxylic acids is 1. The minimum absolute atomic E-state index is 0.185. The van der Waals surface area contributed by atoms with Crippen LogP contribution in [0.1, 0.15) is 92.7 Å². The summed E-state index contributed by atoms with van der Waals surface area (Å²) in [6.45, 7) is 2.59. The van der Waals surface area contributed by atoms with E-state index in [1.165, 1.54) is 19.8 Å². The minimum Gasteiger partial charge on any atom is -0.478 e. The molecule has 0 amide bonds. The average Bonchev–Trinajstić information content (AvgIpc) is 3.39. The van der Waals surface area contributed by atoms with Gasteiger partial charge in [0.05, 0.1) is 37.0 Å². The molecular formula is C41H41NO7. The number of anilines is 1. The number of nitrogens with zero attached hydrogens (tertiary/aromatic N) is 1. The summed E-state index contributed by atoms with van der Waals surface area (Å²) in [5.74, 6) is -0.986. The van der Waals surface area contributed by atoms with E-state index in [1.807, 2.05) is 30.3 Å². The topological polar surface area (TPSA) is 102 Å². The van der Waals surface area contributed by atoms with E-state index >= 15 is 0 Å². The van der Waals surface area contributed by atoms with Crippen molar-refractivity contribution < 1.29 is 33.7 Å². The number of carbonyl (C=O) groups excluding carboxylic acids is 2. The number of esters is 2. The summed E-state index contributed by atoms with van der Waals surface area (Å²) in [7, 11) is 2.71. The molecule has 0 radical (unpaired) electrons. The van der Waals surface area contributed by atoms with E-state index in [0.29, 0.717) is 29.3 Å². The summed E-state index contributed by atoms with van der Waals surface area (Å²) in [6, 6.07) is 30.0. The lowest BCUT2D eigenvalue weighted by Gasteiger charge is -2.43. The van der Waals surface area contributed by atoms with Crippen molar-refractivity contribution in [1.82, 2.24) is 0 Å². The molecule has 0 fully saturated rings. The lowest BCUT2D eigenvalue weighted by atomic mass is 9.73. The van der Waals surface area contributed by atoms with E-state index < -0.39 is 23.5 Å². The third kappa shape index (κ3) is 6.55. The summed E-state index contributed by atoms with van der Waals surface area (Å²) in [6.07, 6.45) is 6.45. The summed E-state index contributed by atoms with van der Waals surface area (Å²) in [5, 5.41) is 10.1. The first kappa shape index (κ1) is 33.5. The van der Waals surface area contributed by atoms with Crippen LogP contribution >= 0.6 is 0 Å². The number of carboxylic acid groups (broad SMARTS) is 1. The van der Waals surface area contributed by atoms with Gasteiger partial charge in [0.2, 0.25) is 0 Å². The number of aromatic carboxylic acids is 1. The number of fused-ring (bicyclic) bond motifs is 1. The summed E-state index contributed by atoms with van der Waals surface area (Å²) >= 11 is 0. The van der Waals surface area contributed by atoms with E-state index in [1.54, 1.807) is 42.5 Å². The van der Waals surface area contributed by atoms with Crippen molar-refractivity contribution in [3.8, 4) is 5.75 Å². The van der Waals surface area contributed by atoms with Crippen molar-refractivity contribution in [2.45, 2.75) is 63.1 Å². The van der Waals surface area contributed by atoms with Gasteiger partial charge >= 0.3 is 17.9 Å². The highest BCUT2D eigenvalue weighted by Crippen LogP contribution is 2.55. The van der Waals surface area contributed by atoms with Gasteiger partial charge in [-0.2, -0.15) is 0 Å². The van der Waals surface area contributed by atoms with Crippen LogP contribution in [0.2, 0.25) is 0 Å². The fourth-order valence-corrected chi connectivity index (χ4v) is 7.44. The van der Waals surface area contributed by atoms with Crippen molar-refractivity contribution in [3.63, 3.8) is 0 Å². The van der Waals surface area contributed by atoms with Crippen molar-refractivity contribution in [3.05, 3.63) is 142 Å². The molecule has 3 atom stereocenters. The van der Waals surface area contributed by atoms with Gasteiger partial charge in [-0.05, 0) is 90.8 Å². The van der Waals surface area contributed by atoms with Gasteiger partial charge in [0.1, 0.15) is 5.75 Å². The number of benzene rings is 4. The maximum absolute atomic E-state index is 12.6. The van der Waals surface area contributed by atoms with Crippen LogP contribution in [0.3, 0.4) is 0 Å². The van der Waals surface area contributed by atoms with Gasteiger partial charge in [-0.25, -0.2) is 14.4 Å². The lowest BCUT2D eigenvalue weighted by molar-refractivity contribution is 0.0588. The molecule has 0 spiro atoms. The monoisotopic (exact) mass is 659 g/mol. The average molecular weight is 660 g/mol. The van der Waals surface area contributed by atoms with Crippen LogP contribution in [0.4, 0.5) is 5.69 Å². The molecule has 1 aliphatic heterocycles. The number of hydrogen-bond acceptors (Lipinski definition) is 7. The minimum atomic E-state index is -1.01. The Bertz CT molecular complexity index is 1870. The SMILES string of the molecule is CCCC1N(Cc2ccc(C(=O)OC)cc2)c2cc(C(=O)O)ccc2C1(Oc1cccc(C(=O)OC)c1)C1=CCC(c2ccccc2)CC1. The van der Waals surface area contributed by atoms with Crippen LogP contribution in [-0.2, 0) is 21.6 Å². The number of rotatable bonds is 11. The van der Waals surface area contributed by atoms with Gasteiger partial charge in [-0.3, -0.25) is 0 Å². The van der Waals surface area contributed by atoms with Crippen LogP contribution in [-0.4, -0.2) is 43.3 Å². The van der Waals surface area contributed by atoms with Gasteiger partial charge in [0.15, 0.2) is 5.60 Å². The second-order valence-corrected chi connectivity index (χ2v) is 12.6. The van der Waals surface area contributed by atoms with E-state index in [0.717, 1.165) is 54.5 Å². The number of carbonyl (C=O) groups is 3. The van der Waals surface area contributed by atoms with Crippen LogP contribution in [0, 0.1) is 0 Å².